The lowest BCUT2D eigenvalue weighted by Crippen LogP contribution is -2.42. The summed E-state index contributed by atoms with van der Waals surface area (Å²) in [7, 11) is 0. The highest BCUT2D eigenvalue weighted by Crippen LogP contribution is 2.36. The molecule has 0 aliphatic carbocycles. The molecule has 1 aliphatic heterocycles. The van der Waals surface area contributed by atoms with Gasteiger partial charge in [-0.1, -0.05) is 28.1 Å². The van der Waals surface area contributed by atoms with Crippen molar-refractivity contribution in [1.82, 2.24) is 0 Å². The minimum absolute atomic E-state index is 0.129. The van der Waals surface area contributed by atoms with Crippen molar-refractivity contribution in [2.75, 3.05) is 19.8 Å². The van der Waals surface area contributed by atoms with Gasteiger partial charge in [0, 0.05) is 17.7 Å². The second-order valence-corrected chi connectivity index (χ2v) is 5.34. The molecule has 1 aliphatic rings. The fraction of sp³-hybridized carbons (Fsp3) is 0.500. The van der Waals surface area contributed by atoms with E-state index in [0.29, 0.717) is 32.7 Å². The van der Waals surface area contributed by atoms with Crippen molar-refractivity contribution in [1.29, 1.82) is 0 Å². The van der Waals surface area contributed by atoms with Crippen molar-refractivity contribution in [2.24, 2.45) is 0 Å². The molecule has 18 heavy (non-hydrogen) atoms. The number of carbonyl (C=O) groups excluding carboxylic acids is 1. The van der Waals surface area contributed by atoms with Crippen molar-refractivity contribution >= 4 is 21.9 Å². The van der Waals surface area contributed by atoms with Gasteiger partial charge in [0.05, 0.1) is 12.0 Å². The molecule has 1 heterocycles. The first kappa shape index (κ1) is 13.6. The Labute approximate surface area is 116 Å². The maximum atomic E-state index is 12.3. The monoisotopic (exact) mass is 312 g/mol. The molecule has 4 heteroatoms. The van der Waals surface area contributed by atoms with Crippen LogP contribution in [0.15, 0.2) is 28.7 Å². The van der Waals surface area contributed by atoms with Crippen LogP contribution in [-0.2, 0) is 19.7 Å². The molecule has 1 saturated heterocycles. The van der Waals surface area contributed by atoms with Crippen LogP contribution < -0.4 is 0 Å². The second-order valence-electron chi connectivity index (χ2n) is 4.42. The molecule has 0 atom stereocenters. The van der Waals surface area contributed by atoms with Crippen LogP contribution in [-0.4, -0.2) is 25.8 Å². The van der Waals surface area contributed by atoms with Crippen molar-refractivity contribution < 1.29 is 14.3 Å². The van der Waals surface area contributed by atoms with Crippen LogP contribution in [0.25, 0.3) is 0 Å². The predicted octanol–water partition coefficient (Wildman–Crippen LogP) is 3.06. The largest absolute Gasteiger partial charge is 0.465 e. The maximum absolute atomic E-state index is 12.3. The molecular weight excluding hydrogens is 296 g/mol. The summed E-state index contributed by atoms with van der Waals surface area (Å²) in [4.78, 5) is 12.3. The van der Waals surface area contributed by atoms with Gasteiger partial charge in [-0.05, 0) is 37.5 Å². The third kappa shape index (κ3) is 2.59. The Morgan fingerprint density at radius 2 is 1.94 bits per heavy atom. The van der Waals surface area contributed by atoms with E-state index in [1.807, 2.05) is 31.2 Å². The summed E-state index contributed by atoms with van der Waals surface area (Å²) in [6.07, 6.45) is 1.38. The van der Waals surface area contributed by atoms with Crippen LogP contribution in [0, 0.1) is 0 Å². The van der Waals surface area contributed by atoms with Gasteiger partial charge >= 0.3 is 5.97 Å². The highest BCUT2D eigenvalue weighted by atomic mass is 79.9. The molecule has 0 aromatic heterocycles. The van der Waals surface area contributed by atoms with E-state index in [2.05, 4.69) is 15.9 Å². The number of benzene rings is 1. The topological polar surface area (TPSA) is 35.5 Å². The first-order valence-corrected chi connectivity index (χ1v) is 6.99. The summed E-state index contributed by atoms with van der Waals surface area (Å²) in [6.45, 7) is 3.47. The summed E-state index contributed by atoms with van der Waals surface area (Å²) < 4.78 is 11.7. The van der Waals surface area contributed by atoms with Gasteiger partial charge in [-0.15, -0.1) is 0 Å². The smallest absolute Gasteiger partial charge is 0.316 e. The zero-order valence-electron chi connectivity index (χ0n) is 10.4. The van der Waals surface area contributed by atoms with Crippen LogP contribution in [0.2, 0.25) is 0 Å². The molecule has 1 fully saturated rings. The van der Waals surface area contributed by atoms with E-state index >= 15 is 0 Å². The van der Waals surface area contributed by atoms with Gasteiger partial charge in [0.25, 0.3) is 0 Å². The van der Waals surface area contributed by atoms with Crippen LogP contribution in [0.3, 0.4) is 0 Å². The van der Waals surface area contributed by atoms with Crippen molar-refractivity contribution in [3.63, 3.8) is 0 Å². The summed E-state index contributed by atoms with van der Waals surface area (Å²) in [5, 5.41) is 0. The molecule has 98 valence electrons. The lowest BCUT2D eigenvalue weighted by molar-refractivity contribution is -0.154. The lowest BCUT2D eigenvalue weighted by Gasteiger charge is -2.35. The molecule has 0 saturated carbocycles. The normalized spacial score (nSPS) is 18.3. The minimum Gasteiger partial charge on any atom is -0.465 e. The number of ether oxygens (including phenoxy) is 2. The molecule has 0 amide bonds. The summed E-state index contributed by atoms with van der Waals surface area (Å²) in [6, 6.07) is 7.91. The highest BCUT2D eigenvalue weighted by Gasteiger charge is 2.42. The van der Waals surface area contributed by atoms with Crippen LogP contribution in [0.1, 0.15) is 25.3 Å². The van der Waals surface area contributed by atoms with Gasteiger partial charge < -0.3 is 9.47 Å². The van der Waals surface area contributed by atoms with Gasteiger partial charge in [-0.25, -0.2) is 0 Å². The molecule has 1 aromatic carbocycles. The quantitative estimate of drug-likeness (QED) is 0.805. The number of hydrogen-bond acceptors (Lipinski definition) is 3. The Kier molecular flexibility index (Phi) is 4.40. The van der Waals surface area contributed by atoms with Crippen LogP contribution >= 0.6 is 15.9 Å². The van der Waals surface area contributed by atoms with Crippen molar-refractivity contribution in [3.8, 4) is 0 Å². The summed E-state index contributed by atoms with van der Waals surface area (Å²) >= 11 is 3.41. The average Bonchev–Trinajstić information content (AvgIpc) is 2.40. The maximum Gasteiger partial charge on any atom is 0.316 e. The predicted molar refractivity (Wildman–Crippen MR) is 72.5 cm³/mol. The van der Waals surface area contributed by atoms with E-state index in [4.69, 9.17) is 9.47 Å². The molecule has 0 spiro atoms. The molecule has 0 N–H and O–H groups in total. The van der Waals surface area contributed by atoms with E-state index < -0.39 is 5.41 Å². The van der Waals surface area contributed by atoms with E-state index in [-0.39, 0.29) is 5.97 Å². The van der Waals surface area contributed by atoms with Gasteiger partial charge in [0.15, 0.2) is 0 Å². The highest BCUT2D eigenvalue weighted by molar-refractivity contribution is 9.10. The third-order valence-electron chi connectivity index (χ3n) is 3.41. The zero-order valence-corrected chi connectivity index (χ0v) is 12.0. The van der Waals surface area contributed by atoms with Gasteiger partial charge in [0.1, 0.15) is 0 Å². The second kappa shape index (κ2) is 5.85. The Bertz CT molecular complexity index is 408. The average molecular weight is 313 g/mol. The van der Waals surface area contributed by atoms with E-state index in [1.165, 1.54) is 0 Å². The Morgan fingerprint density at radius 1 is 1.33 bits per heavy atom. The van der Waals surface area contributed by atoms with Gasteiger partial charge in [0.2, 0.25) is 0 Å². The molecule has 1 aromatic rings. The number of rotatable bonds is 3. The first-order chi connectivity index (χ1) is 8.69. The van der Waals surface area contributed by atoms with E-state index in [0.717, 1.165) is 10.0 Å². The fourth-order valence-corrected chi connectivity index (χ4v) is 2.63. The van der Waals surface area contributed by atoms with Crippen LogP contribution in [0.4, 0.5) is 0 Å². The number of hydrogen-bond donors (Lipinski definition) is 0. The standard InChI is InChI=1S/C14H17BrO3/c1-2-18-13(16)14(7-9-17-10-8-14)11-3-5-12(15)6-4-11/h3-6H,2,7-10H2,1H3. The number of carbonyl (C=O) groups is 1. The molecule has 2 rings (SSSR count). The molecule has 3 nitrogen and oxygen atoms in total. The van der Waals surface area contributed by atoms with E-state index in [1.54, 1.807) is 0 Å². The van der Waals surface area contributed by atoms with Gasteiger partial charge in [-0.2, -0.15) is 0 Å². The Morgan fingerprint density at radius 3 is 2.50 bits per heavy atom. The third-order valence-corrected chi connectivity index (χ3v) is 3.94. The number of halogens is 1. The summed E-state index contributed by atoms with van der Waals surface area (Å²) in [5.74, 6) is -0.129. The molecule has 0 bridgehead atoms. The molecule has 0 radical (unpaired) electrons. The SMILES string of the molecule is CCOC(=O)C1(c2ccc(Br)cc2)CCOCC1. The fourth-order valence-electron chi connectivity index (χ4n) is 2.37. The van der Waals surface area contributed by atoms with Crippen molar-refractivity contribution in [3.05, 3.63) is 34.3 Å². The van der Waals surface area contributed by atoms with E-state index in [9.17, 15) is 4.79 Å². The Balaban J connectivity index is 2.34. The summed E-state index contributed by atoms with van der Waals surface area (Å²) in [5.41, 5.74) is 0.488. The number of esters is 1. The molecular formula is C14H17BrO3. The van der Waals surface area contributed by atoms with Gasteiger partial charge in [-0.3, -0.25) is 4.79 Å². The minimum atomic E-state index is -0.533. The van der Waals surface area contributed by atoms with Crippen molar-refractivity contribution in [2.45, 2.75) is 25.2 Å². The zero-order chi connectivity index (χ0) is 13.0. The van der Waals surface area contributed by atoms with Crippen LogP contribution in [0.5, 0.6) is 0 Å². The Hall–Kier alpha value is -0.870. The molecule has 0 unspecified atom stereocenters. The first-order valence-electron chi connectivity index (χ1n) is 6.20. The lowest BCUT2D eigenvalue weighted by atomic mass is 9.74.